The van der Waals surface area contributed by atoms with E-state index in [1.807, 2.05) is 79.0 Å². The minimum Gasteiger partial charge on any atom is -0.309 e. The average Bonchev–Trinajstić information content (AvgIpc) is 1.58. The molecule has 0 unspecified atom stereocenters. The van der Waals surface area contributed by atoms with Crippen LogP contribution in [0, 0.1) is 0 Å². The lowest BCUT2D eigenvalue weighted by Crippen LogP contribution is -2.02. The van der Waals surface area contributed by atoms with Crippen LogP contribution in [-0.4, -0.2) is 43.2 Å². The molecular weight excluding hydrogens is 1290 g/mol. The molecule has 0 N–H and O–H groups in total. The van der Waals surface area contributed by atoms with Gasteiger partial charge in [0.05, 0.1) is 49.8 Å². The summed E-state index contributed by atoms with van der Waals surface area (Å²) in [6, 6.07) is 133. The zero-order valence-electron chi connectivity index (χ0n) is 57.4. The van der Waals surface area contributed by atoms with E-state index in [0.29, 0.717) is 23.4 Å². The third kappa shape index (κ3) is 10.8. The van der Waals surface area contributed by atoms with Gasteiger partial charge in [-0.1, -0.05) is 273 Å². The van der Waals surface area contributed by atoms with Crippen LogP contribution in [0.3, 0.4) is 0 Å². The van der Waals surface area contributed by atoms with Crippen molar-refractivity contribution in [2.24, 2.45) is 0 Å². The lowest BCUT2D eigenvalue weighted by molar-refractivity contribution is 0.992. The third-order valence-electron chi connectivity index (χ3n) is 20.6. The number of hydrogen-bond donors (Lipinski definition) is 0. The van der Waals surface area contributed by atoms with E-state index in [9.17, 15) is 0 Å². The summed E-state index contributed by atoms with van der Waals surface area (Å²) < 4.78 is 9.29. The van der Waals surface area contributed by atoms with E-state index in [1.165, 1.54) is 87.6 Å². The van der Waals surface area contributed by atoms with Crippen molar-refractivity contribution in [3.8, 4) is 102 Å². The maximum atomic E-state index is 5.18. The molecule has 0 aliphatic rings. The fraction of sp³-hybridized carbons (Fsp3) is 0. The molecule has 0 spiro atoms. The van der Waals surface area contributed by atoms with Gasteiger partial charge in [0.1, 0.15) is 0 Å². The molecule has 15 aromatic carbocycles. The quantitative estimate of drug-likeness (QED) is 0.129. The van der Waals surface area contributed by atoms with Gasteiger partial charge < -0.3 is 13.7 Å². The highest BCUT2D eigenvalue weighted by Crippen LogP contribution is 2.42. The Morgan fingerprint density at radius 3 is 1.10 bits per heavy atom. The van der Waals surface area contributed by atoms with Crippen molar-refractivity contribution < 1.29 is 0 Å². The van der Waals surface area contributed by atoms with Gasteiger partial charge in [-0.2, -0.15) is 0 Å². The summed E-state index contributed by atoms with van der Waals surface area (Å²) in [6.07, 6.45) is 1.87. The molecule has 0 bridgehead atoms. The van der Waals surface area contributed by atoms with E-state index >= 15 is 0 Å². The highest BCUT2D eigenvalue weighted by Gasteiger charge is 2.22. The molecule has 0 aliphatic carbocycles. The molecule has 0 aliphatic heterocycles. The van der Waals surface area contributed by atoms with E-state index in [0.717, 1.165) is 78.0 Å². The predicted octanol–water partition coefficient (Wildman–Crippen LogP) is 24.4. The Bertz CT molecular complexity index is 6820. The van der Waals surface area contributed by atoms with Gasteiger partial charge in [0.15, 0.2) is 17.5 Å². The first kappa shape index (κ1) is 61.5. The van der Waals surface area contributed by atoms with E-state index in [4.69, 9.17) is 24.9 Å². The number of para-hydroxylation sites is 6. The van der Waals surface area contributed by atoms with Gasteiger partial charge in [0.2, 0.25) is 5.95 Å². The lowest BCUT2D eigenvalue weighted by Gasteiger charge is -2.12. The van der Waals surface area contributed by atoms with Gasteiger partial charge in [0, 0.05) is 88.6 Å². The predicted molar refractivity (Wildman–Crippen MR) is 437 cm³/mol. The molecule has 6 aromatic heterocycles. The van der Waals surface area contributed by atoms with Crippen LogP contribution < -0.4 is 0 Å². The molecule has 6 heterocycles. The van der Waals surface area contributed by atoms with Gasteiger partial charge in [0.25, 0.3) is 0 Å². The van der Waals surface area contributed by atoms with Crippen LogP contribution >= 0.6 is 0 Å². The van der Waals surface area contributed by atoms with E-state index in [-0.39, 0.29) is 0 Å². The first-order chi connectivity index (χ1) is 52.6. The van der Waals surface area contributed by atoms with Crippen LogP contribution in [0.2, 0.25) is 0 Å². The highest BCUT2D eigenvalue weighted by atomic mass is 15.2. The fourth-order valence-electron chi connectivity index (χ4n) is 15.6. The monoisotopic (exact) mass is 1350 g/mol. The summed E-state index contributed by atoms with van der Waals surface area (Å²) in [6.45, 7) is 0. The number of nitrogens with zero attached hydrogens (tertiary/aromatic N) is 9. The second kappa shape index (κ2) is 25.9. The SMILES string of the molecule is c1ccc(-c2ccc(-c3cccc(-c4ccnc(-n5c6ccccc6c6cc(-n7c8ccccc8c8ccccc87)ccc65)n4)c3)cc2)cc1.c1ccc(-c2nc(-c3ccccc3)nc(-c3cccc(-n4c5ccccc5c5cc(-c6ccc7c8ccccc8n(-c8ccccc8)c7c6)ccc54)c3)n2)cc1. The zero-order valence-corrected chi connectivity index (χ0v) is 57.4. The summed E-state index contributed by atoms with van der Waals surface area (Å²) in [5.74, 6) is 2.57. The smallest absolute Gasteiger partial charge is 0.235 e. The van der Waals surface area contributed by atoms with Crippen molar-refractivity contribution in [1.29, 1.82) is 0 Å². The van der Waals surface area contributed by atoms with Crippen LogP contribution in [0.25, 0.3) is 189 Å². The second-order valence-electron chi connectivity index (χ2n) is 26.8. The Kier molecular flexibility index (Phi) is 15.0. The average molecular weight is 1350 g/mol. The van der Waals surface area contributed by atoms with E-state index < -0.39 is 0 Å². The number of benzene rings is 15. The lowest BCUT2D eigenvalue weighted by atomic mass is 9.98. The maximum absolute atomic E-state index is 5.18. The molecule has 0 radical (unpaired) electrons. The van der Waals surface area contributed by atoms with Gasteiger partial charge in [-0.25, -0.2) is 24.9 Å². The number of aromatic nitrogens is 9. The van der Waals surface area contributed by atoms with Crippen LogP contribution in [0.1, 0.15) is 0 Å². The van der Waals surface area contributed by atoms with Crippen LogP contribution in [0.4, 0.5) is 0 Å². The Balaban J connectivity index is 0.000000141. The molecule has 21 aromatic rings. The zero-order chi connectivity index (χ0) is 70.0. The summed E-state index contributed by atoms with van der Waals surface area (Å²) in [5.41, 5.74) is 24.4. The molecule has 9 nitrogen and oxygen atoms in total. The van der Waals surface area contributed by atoms with Crippen molar-refractivity contribution in [3.05, 3.63) is 382 Å². The van der Waals surface area contributed by atoms with Crippen LogP contribution in [-0.2, 0) is 0 Å². The summed E-state index contributed by atoms with van der Waals surface area (Å²) in [5, 5.41) is 9.74. The number of rotatable bonds is 11. The molecule has 0 saturated carbocycles. The van der Waals surface area contributed by atoms with Crippen molar-refractivity contribution in [2.45, 2.75) is 0 Å². The van der Waals surface area contributed by atoms with Crippen LogP contribution in [0.5, 0.6) is 0 Å². The minimum absolute atomic E-state index is 0.630. The molecule has 0 amide bonds. The van der Waals surface area contributed by atoms with Gasteiger partial charge in [-0.3, -0.25) is 4.57 Å². The Morgan fingerprint density at radius 1 is 0.170 bits per heavy atom. The van der Waals surface area contributed by atoms with Crippen molar-refractivity contribution in [1.82, 2.24) is 43.2 Å². The topological polar surface area (TPSA) is 84.2 Å². The molecule has 9 heteroatoms. The number of hydrogen-bond acceptors (Lipinski definition) is 5. The molecule has 106 heavy (non-hydrogen) atoms. The van der Waals surface area contributed by atoms with Gasteiger partial charge >= 0.3 is 0 Å². The Hall–Kier alpha value is -14.4. The largest absolute Gasteiger partial charge is 0.309 e. The van der Waals surface area contributed by atoms with Crippen molar-refractivity contribution in [2.75, 3.05) is 0 Å². The normalized spacial score (nSPS) is 11.6. The molecule has 496 valence electrons. The maximum Gasteiger partial charge on any atom is 0.235 e. The van der Waals surface area contributed by atoms with Gasteiger partial charge in [-0.15, -0.1) is 0 Å². The fourth-order valence-corrected chi connectivity index (χ4v) is 15.6. The third-order valence-corrected chi connectivity index (χ3v) is 20.6. The van der Waals surface area contributed by atoms with E-state index in [2.05, 4.69) is 322 Å². The minimum atomic E-state index is 0.630. The molecule has 0 atom stereocenters. The molecule has 21 rings (SSSR count). The highest BCUT2D eigenvalue weighted by molar-refractivity contribution is 6.14. The van der Waals surface area contributed by atoms with E-state index in [1.54, 1.807) is 0 Å². The summed E-state index contributed by atoms with van der Waals surface area (Å²) >= 11 is 0. The Morgan fingerprint density at radius 2 is 0.519 bits per heavy atom. The van der Waals surface area contributed by atoms with Gasteiger partial charge in [-0.05, 0) is 137 Å². The second-order valence-corrected chi connectivity index (χ2v) is 26.8. The van der Waals surface area contributed by atoms with Crippen molar-refractivity contribution >= 4 is 87.2 Å². The molecule has 0 saturated heterocycles. The molecule has 0 fully saturated rings. The summed E-state index contributed by atoms with van der Waals surface area (Å²) in [4.78, 5) is 24.9. The first-order valence-electron chi connectivity index (χ1n) is 35.8. The van der Waals surface area contributed by atoms with Crippen LogP contribution in [0.15, 0.2) is 382 Å². The number of fused-ring (bicyclic) bond motifs is 12. The molecular formula is C97H63N9. The summed E-state index contributed by atoms with van der Waals surface area (Å²) in [7, 11) is 0. The first-order valence-corrected chi connectivity index (χ1v) is 35.8. The van der Waals surface area contributed by atoms with Crippen molar-refractivity contribution in [3.63, 3.8) is 0 Å². The Labute approximate surface area is 610 Å². The standard InChI is InChI=1S/C51H33N5.C46H30N4/c1-4-15-34(16-5-1)49-52-50(35-17-6-2-7-18-35)54-51(53-49)38-19-14-22-40(31-38)56-46-26-13-11-24-42(46)44-32-36(28-30-47(44)56)37-27-29-43-41-23-10-12-25-45(41)55(48(43)33-37)39-20-8-3-9-21-39;1-2-11-31(12-3-1)32-21-23-33(24-22-32)34-13-10-14-35(29-34)41-27-28-47-46(48-41)50-44-20-9-6-17-39(44)40-30-36(25-26-45(40)50)49-42-18-7-4-15-37(42)38-16-5-8-19-43(38)49/h1-33H;1-30H.